The number of carbonyl (C=O) groups excluding carboxylic acids is 1. The fraction of sp³-hybridized carbons (Fsp3) is 0. The molecule has 0 atom stereocenters. The van der Waals surface area contributed by atoms with Crippen LogP contribution < -0.4 is 4.74 Å². The molecule has 4 nitrogen and oxygen atoms in total. The van der Waals surface area contributed by atoms with Crippen LogP contribution in [0.2, 0.25) is 10.0 Å². The van der Waals surface area contributed by atoms with Gasteiger partial charge in [0, 0.05) is 5.02 Å². The highest BCUT2D eigenvalue weighted by Gasteiger charge is 2.16. The minimum Gasteiger partial charge on any atom is -0.421 e. The van der Waals surface area contributed by atoms with Crippen LogP contribution in [0, 0.1) is 0 Å². The molecule has 0 aliphatic rings. The second-order valence-electron chi connectivity index (χ2n) is 3.93. The Kier molecular flexibility index (Phi) is 4.51. The van der Waals surface area contributed by atoms with E-state index in [9.17, 15) is 17.1 Å². The Morgan fingerprint density at radius 1 is 1.05 bits per heavy atom. The molecule has 0 bridgehead atoms. The van der Waals surface area contributed by atoms with E-state index < -0.39 is 21.1 Å². The second kappa shape index (κ2) is 6.01. The molecule has 0 saturated heterocycles. The maximum Gasteiger partial charge on any atom is 0.343 e. The summed E-state index contributed by atoms with van der Waals surface area (Å²) in [6.07, 6.45) is 0. The molecular formula is C13H7Cl2FO4S. The predicted molar refractivity (Wildman–Crippen MR) is 76.2 cm³/mol. The zero-order chi connectivity index (χ0) is 15.6. The lowest BCUT2D eigenvalue weighted by Crippen LogP contribution is -2.08. The zero-order valence-corrected chi connectivity index (χ0v) is 12.5. The number of carbonyl (C=O) groups is 1. The lowest BCUT2D eigenvalue weighted by atomic mass is 10.2. The number of hydrogen-bond acceptors (Lipinski definition) is 4. The van der Waals surface area contributed by atoms with Crippen molar-refractivity contribution in [3.8, 4) is 5.75 Å². The van der Waals surface area contributed by atoms with Gasteiger partial charge in [-0.25, -0.2) is 4.79 Å². The van der Waals surface area contributed by atoms with E-state index in [1.165, 1.54) is 24.3 Å². The molecule has 0 fully saturated rings. The SMILES string of the molecule is O=C(Oc1ccc(S(=O)(=O)F)cc1Cl)c1ccc(Cl)cc1. The molecule has 0 aliphatic heterocycles. The van der Waals surface area contributed by atoms with E-state index in [1.807, 2.05) is 0 Å². The molecule has 110 valence electrons. The van der Waals surface area contributed by atoms with Crippen LogP contribution in [0.25, 0.3) is 0 Å². The smallest absolute Gasteiger partial charge is 0.343 e. The highest BCUT2D eigenvalue weighted by molar-refractivity contribution is 7.86. The van der Waals surface area contributed by atoms with Gasteiger partial charge in [-0.05, 0) is 42.5 Å². The molecule has 0 spiro atoms. The van der Waals surface area contributed by atoms with Crippen LogP contribution in [-0.4, -0.2) is 14.4 Å². The third-order valence-corrected chi connectivity index (χ3v) is 3.83. The largest absolute Gasteiger partial charge is 0.421 e. The van der Waals surface area contributed by atoms with Crippen LogP contribution in [0.1, 0.15) is 10.4 Å². The van der Waals surface area contributed by atoms with E-state index in [1.54, 1.807) is 0 Å². The monoisotopic (exact) mass is 348 g/mol. The molecule has 0 aliphatic carbocycles. The fourth-order valence-electron chi connectivity index (χ4n) is 1.46. The topological polar surface area (TPSA) is 60.4 Å². The molecule has 2 aromatic carbocycles. The van der Waals surface area contributed by atoms with E-state index in [2.05, 4.69) is 0 Å². The number of hydrogen-bond donors (Lipinski definition) is 0. The van der Waals surface area contributed by atoms with Crippen molar-refractivity contribution >= 4 is 39.4 Å². The summed E-state index contributed by atoms with van der Waals surface area (Å²) in [5.74, 6) is -0.784. The molecule has 0 radical (unpaired) electrons. The van der Waals surface area contributed by atoms with E-state index in [0.29, 0.717) is 5.02 Å². The van der Waals surface area contributed by atoms with Gasteiger partial charge in [0.2, 0.25) is 0 Å². The summed E-state index contributed by atoms with van der Waals surface area (Å²) in [6.45, 7) is 0. The van der Waals surface area contributed by atoms with Crippen LogP contribution in [0.3, 0.4) is 0 Å². The minimum absolute atomic E-state index is 0.0796. The van der Waals surface area contributed by atoms with E-state index in [-0.39, 0.29) is 16.3 Å². The van der Waals surface area contributed by atoms with Gasteiger partial charge in [0.15, 0.2) is 0 Å². The summed E-state index contributed by atoms with van der Waals surface area (Å²) < 4.78 is 39.3. The van der Waals surface area contributed by atoms with E-state index >= 15 is 0 Å². The first-order valence-corrected chi connectivity index (χ1v) is 7.63. The first kappa shape index (κ1) is 15.8. The van der Waals surface area contributed by atoms with Crippen molar-refractivity contribution in [1.82, 2.24) is 0 Å². The Labute approximate surface area is 130 Å². The Hall–Kier alpha value is -1.63. The van der Waals surface area contributed by atoms with Crippen molar-refractivity contribution < 1.29 is 21.8 Å². The quantitative estimate of drug-likeness (QED) is 0.479. The molecule has 21 heavy (non-hydrogen) atoms. The van der Waals surface area contributed by atoms with Gasteiger partial charge < -0.3 is 4.74 Å². The van der Waals surface area contributed by atoms with Gasteiger partial charge in [-0.1, -0.05) is 23.2 Å². The average Bonchev–Trinajstić information content (AvgIpc) is 2.40. The van der Waals surface area contributed by atoms with Gasteiger partial charge in [0.05, 0.1) is 10.6 Å². The molecule has 0 saturated carbocycles. The van der Waals surface area contributed by atoms with E-state index in [0.717, 1.165) is 18.2 Å². The number of rotatable bonds is 3. The Morgan fingerprint density at radius 2 is 1.67 bits per heavy atom. The molecule has 0 heterocycles. The van der Waals surface area contributed by atoms with Crippen molar-refractivity contribution in [2.45, 2.75) is 4.90 Å². The normalized spacial score (nSPS) is 11.2. The lowest BCUT2D eigenvalue weighted by molar-refractivity contribution is 0.0735. The zero-order valence-electron chi connectivity index (χ0n) is 10.2. The van der Waals surface area contributed by atoms with Gasteiger partial charge in [-0.3, -0.25) is 0 Å². The Bertz CT molecular complexity index is 788. The Morgan fingerprint density at radius 3 is 2.19 bits per heavy atom. The van der Waals surface area contributed by atoms with Crippen molar-refractivity contribution in [3.05, 3.63) is 58.1 Å². The molecule has 2 aromatic rings. The minimum atomic E-state index is -4.87. The Balaban J connectivity index is 2.24. The van der Waals surface area contributed by atoms with Gasteiger partial charge >= 0.3 is 16.2 Å². The molecule has 0 N–H and O–H groups in total. The van der Waals surface area contributed by atoms with Gasteiger partial charge in [-0.15, -0.1) is 3.89 Å². The van der Waals surface area contributed by atoms with Crippen molar-refractivity contribution in [2.75, 3.05) is 0 Å². The van der Waals surface area contributed by atoms with Crippen molar-refractivity contribution in [3.63, 3.8) is 0 Å². The predicted octanol–water partition coefficient (Wildman–Crippen LogP) is 3.87. The van der Waals surface area contributed by atoms with Crippen molar-refractivity contribution in [1.29, 1.82) is 0 Å². The number of benzene rings is 2. The molecule has 0 aromatic heterocycles. The third kappa shape index (κ3) is 3.93. The van der Waals surface area contributed by atoms with Gasteiger partial charge in [0.25, 0.3) is 0 Å². The van der Waals surface area contributed by atoms with Crippen LogP contribution in [0.15, 0.2) is 47.4 Å². The molecule has 2 rings (SSSR count). The number of ether oxygens (including phenoxy) is 1. The van der Waals surface area contributed by atoms with E-state index in [4.69, 9.17) is 27.9 Å². The number of esters is 1. The molecule has 0 unspecified atom stereocenters. The van der Waals surface area contributed by atoms with Gasteiger partial charge in [0.1, 0.15) is 10.6 Å². The number of halogens is 3. The first-order valence-electron chi connectivity index (χ1n) is 5.49. The summed E-state index contributed by atoms with van der Waals surface area (Å²) in [6, 6.07) is 8.85. The summed E-state index contributed by atoms with van der Waals surface area (Å²) in [5, 5.41) is 0.262. The van der Waals surface area contributed by atoms with Gasteiger partial charge in [-0.2, -0.15) is 8.42 Å². The molecule has 0 amide bonds. The third-order valence-electron chi connectivity index (χ3n) is 2.47. The summed E-state index contributed by atoms with van der Waals surface area (Å²) in [5.41, 5.74) is 0.234. The summed E-state index contributed by atoms with van der Waals surface area (Å²) >= 11 is 11.5. The van der Waals surface area contributed by atoms with Crippen LogP contribution in [-0.2, 0) is 10.2 Å². The van der Waals surface area contributed by atoms with Crippen molar-refractivity contribution in [2.24, 2.45) is 0 Å². The average molecular weight is 349 g/mol. The van der Waals surface area contributed by atoms with Crippen LogP contribution >= 0.6 is 23.2 Å². The highest BCUT2D eigenvalue weighted by atomic mass is 35.5. The van der Waals surface area contributed by atoms with Crippen LogP contribution in [0.4, 0.5) is 3.89 Å². The maximum atomic E-state index is 12.8. The standard InChI is InChI=1S/C13H7Cl2FO4S/c14-9-3-1-8(2-4-9)13(17)20-12-6-5-10(7-11(12)15)21(16,18)19/h1-7H. The van der Waals surface area contributed by atoms with Crippen LogP contribution in [0.5, 0.6) is 5.75 Å². The fourth-order valence-corrected chi connectivity index (χ4v) is 2.36. The first-order chi connectivity index (χ1) is 9.77. The summed E-state index contributed by atoms with van der Waals surface area (Å²) in [4.78, 5) is 11.2. The second-order valence-corrected chi connectivity index (χ2v) is 6.12. The molecule has 8 heteroatoms. The maximum absolute atomic E-state index is 12.8. The molecular weight excluding hydrogens is 342 g/mol. The lowest BCUT2D eigenvalue weighted by Gasteiger charge is -2.07. The summed E-state index contributed by atoms with van der Waals surface area (Å²) in [7, 11) is -4.87. The highest BCUT2D eigenvalue weighted by Crippen LogP contribution is 2.28.